The van der Waals surface area contributed by atoms with Gasteiger partial charge in [0.05, 0.1) is 53.3 Å². The molecule has 282 valence electrons. The van der Waals surface area contributed by atoms with Crippen LogP contribution in [-0.2, 0) is 11.2 Å². The van der Waals surface area contributed by atoms with E-state index in [2.05, 4.69) is 22.0 Å². The predicted octanol–water partition coefficient (Wildman–Crippen LogP) is 8.28. The summed E-state index contributed by atoms with van der Waals surface area (Å²) < 4.78 is 39.8. The third kappa shape index (κ3) is 5.74. The van der Waals surface area contributed by atoms with E-state index in [-0.39, 0.29) is 53.0 Å². The standard InChI is InChI=1S/C42H39Cl2F2N7O2/c1-21-28-16-33(32-15-26(20-52(32)42(54)22-10-11-22)55-35-9-3-8-34(50-35)51-18-25(45)19-51)53(40-24-14-31(40)48-17-24)41(28)29-13-23(5-4-12-47)36(38(46)39(29)49-21)27-6-2-7-30(43)37(27)44/h2-3,6-9,13,16,22,24-26,31-32,40,48H,4-5,10-11,14-15,17-20H2,1H3/t24-,26+,31-,32-,40+/m1/s1. The predicted molar refractivity (Wildman–Crippen MR) is 208 cm³/mol. The minimum absolute atomic E-state index is 0.0000920. The lowest BCUT2D eigenvalue weighted by molar-refractivity contribution is -0.133. The Balaban J connectivity index is 1.13. The average Bonchev–Trinajstić information content (AvgIpc) is 3.43. The molecule has 2 bridgehead atoms. The van der Waals surface area contributed by atoms with Crippen molar-refractivity contribution < 1.29 is 18.3 Å². The summed E-state index contributed by atoms with van der Waals surface area (Å²) in [6, 6.07) is 17.1. The van der Waals surface area contributed by atoms with Crippen molar-refractivity contribution in [3.05, 3.63) is 81.3 Å². The van der Waals surface area contributed by atoms with Crippen LogP contribution in [0.1, 0.15) is 61.1 Å². The van der Waals surface area contributed by atoms with Gasteiger partial charge in [-0.3, -0.25) is 4.79 Å². The van der Waals surface area contributed by atoms with Gasteiger partial charge in [0.2, 0.25) is 11.8 Å². The lowest BCUT2D eigenvalue weighted by Crippen LogP contribution is -2.48. The third-order valence-electron chi connectivity index (χ3n) is 12.4. The number of anilines is 1. The number of aryl methyl sites for hydroxylation is 2. The van der Waals surface area contributed by atoms with E-state index in [0.29, 0.717) is 82.9 Å². The number of nitriles is 1. The number of rotatable bonds is 9. The van der Waals surface area contributed by atoms with Crippen molar-refractivity contribution in [2.24, 2.45) is 11.8 Å². The molecule has 2 aromatic carbocycles. The van der Waals surface area contributed by atoms with Crippen molar-refractivity contribution in [1.29, 1.82) is 5.26 Å². The Bertz CT molecular complexity index is 2430. The lowest BCUT2D eigenvalue weighted by Gasteiger charge is -2.39. The van der Waals surface area contributed by atoms with Gasteiger partial charge < -0.3 is 24.4 Å². The largest absolute Gasteiger partial charge is 0.472 e. The molecule has 1 N–H and O–H groups in total. The molecule has 4 aliphatic heterocycles. The number of carbonyl (C=O) groups excluding carboxylic acids is 1. The number of carbonyl (C=O) groups is 1. The van der Waals surface area contributed by atoms with Crippen LogP contribution in [0.5, 0.6) is 5.88 Å². The normalized spacial score (nSPS) is 24.7. The average molecular weight is 783 g/mol. The van der Waals surface area contributed by atoms with Gasteiger partial charge in [0.1, 0.15) is 23.6 Å². The van der Waals surface area contributed by atoms with Gasteiger partial charge in [-0.25, -0.2) is 13.8 Å². The number of likely N-dealkylation sites (tertiary alicyclic amines) is 1. The topological polar surface area (TPSA) is 99.3 Å². The third-order valence-corrected chi connectivity index (χ3v) is 13.2. The van der Waals surface area contributed by atoms with Crippen LogP contribution in [0, 0.1) is 35.9 Å². The van der Waals surface area contributed by atoms with E-state index in [9.17, 15) is 14.4 Å². The number of benzene rings is 2. The summed E-state index contributed by atoms with van der Waals surface area (Å²) in [4.78, 5) is 27.6. The maximum atomic E-state index is 17.2. The highest BCUT2D eigenvalue weighted by molar-refractivity contribution is 6.43. The van der Waals surface area contributed by atoms with Gasteiger partial charge in [0.25, 0.3) is 0 Å². The van der Waals surface area contributed by atoms with E-state index >= 15 is 4.39 Å². The fourth-order valence-electron chi connectivity index (χ4n) is 9.50. The van der Waals surface area contributed by atoms with Crippen LogP contribution in [0.4, 0.5) is 14.6 Å². The fraction of sp³-hybridized carbons (Fsp3) is 0.429. The summed E-state index contributed by atoms with van der Waals surface area (Å²) in [5.74, 6) is 1.14. The molecule has 0 spiro atoms. The van der Waals surface area contributed by atoms with Gasteiger partial charge in [-0.15, -0.1) is 0 Å². The van der Waals surface area contributed by atoms with Gasteiger partial charge in [0.15, 0.2) is 5.82 Å². The van der Waals surface area contributed by atoms with Crippen LogP contribution >= 0.6 is 23.2 Å². The number of nitrogens with zero attached hydrogens (tertiary/aromatic N) is 6. The number of hydrogen-bond acceptors (Lipinski definition) is 7. The number of hydrogen-bond donors (Lipinski definition) is 1. The molecule has 13 heteroatoms. The molecule has 3 aromatic heterocycles. The summed E-state index contributed by atoms with van der Waals surface area (Å²) in [5.41, 5.74) is 4.21. The number of nitrogens with one attached hydrogen (secondary N) is 1. The van der Waals surface area contributed by atoms with Gasteiger partial charge >= 0.3 is 0 Å². The first-order chi connectivity index (χ1) is 26.7. The molecule has 6 fully saturated rings. The first kappa shape index (κ1) is 35.0. The zero-order valence-corrected chi connectivity index (χ0v) is 31.8. The molecule has 5 aromatic rings. The second-order valence-electron chi connectivity index (χ2n) is 15.9. The highest BCUT2D eigenvalue weighted by Crippen LogP contribution is 2.51. The van der Waals surface area contributed by atoms with Crippen LogP contribution in [-0.4, -0.2) is 69.8 Å². The molecule has 0 radical (unpaired) electrons. The zero-order chi connectivity index (χ0) is 37.7. The molecule has 11 rings (SSSR count). The maximum Gasteiger partial charge on any atom is 0.226 e. The van der Waals surface area contributed by atoms with Crippen molar-refractivity contribution in [3.8, 4) is 23.1 Å². The molecule has 5 atom stereocenters. The quantitative estimate of drug-likeness (QED) is 0.161. The SMILES string of the molecule is Cc1nc2c(F)c(-c3cccc(Cl)c3Cl)c(CCC#N)cc2c2c1cc([C@H]1C[C@H](Oc3cccc(N4CC(F)C4)n3)CN1C(=O)C1CC1)n2[C@H]1[C@H]2CN[C@@H]1C2. The molecular weight excluding hydrogens is 743 g/mol. The molecule has 55 heavy (non-hydrogen) atoms. The molecule has 2 saturated carbocycles. The van der Waals surface area contributed by atoms with Crippen LogP contribution in [0.3, 0.4) is 0 Å². The fourth-order valence-corrected chi connectivity index (χ4v) is 9.89. The second-order valence-corrected chi connectivity index (χ2v) is 16.7. The van der Waals surface area contributed by atoms with Crippen molar-refractivity contribution in [2.75, 3.05) is 31.1 Å². The monoisotopic (exact) mass is 781 g/mol. The first-order valence-corrected chi connectivity index (χ1v) is 20.0. The van der Waals surface area contributed by atoms with Crippen molar-refractivity contribution in [1.82, 2.24) is 24.8 Å². The van der Waals surface area contributed by atoms with Crippen LogP contribution in [0.25, 0.3) is 32.9 Å². The Labute approximate surface area is 327 Å². The Hall–Kier alpha value is -4.50. The Morgan fingerprint density at radius 3 is 2.62 bits per heavy atom. The summed E-state index contributed by atoms with van der Waals surface area (Å²) in [5, 5.41) is 15.5. The molecule has 2 aliphatic carbocycles. The summed E-state index contributed by atoms with van der Waals surface area (Å²) >= 11 is 13.1. The number of aromatic nitrogens is 3. The van der Waals surface area contributed by atoms with E-state index in [1.54, 1.807) is 18.2 Å². The lowest BCUT2D eigenvalue weighted by atomic mass is 9.79. The smallest absolute Gasteiger partial charge is 0.226 e. The molecule has 1 amide bonds. The van der Waals surface area contributed by atoms with Crippen LogP contribution < -0.4 is 15.0 Å². The molecule has 4 saturated heterocycles. The maximum absolute atomic E-state index is 17.2. The van der Waals surface area contributed by atoms with E-state index < -0.39 is 12.0 Å². The highest BCUT2D eigenvalue weighted by atomic mass is 35.5. The number of pyridine rings is 2. The second kappa shape index (κ2) is 13.3. The van der Waals surface area contributed by atoms with Gasteiger partial charge in [-0.05, 0) is 68.4 Å². The minimum atomic E-state index is -0.850. The summed E-state index contributed by atoms with van der Waals surface area (Å²) in [6.07, 6.45) is 2.68. The van der Waals surface area contributed by atoms with E-state index in [1.807, 2.05) is 41.0 Å². The molecule has 0 unspecified atom stereocenters. The van der Waals surface area contributed by atoms with E-state index in [0.717, 1.165) is 42.4 Å². The molecule has 7 heterocycles. The highest BCUT2D eigenvalue weighted by Gasteiger charge is 2.51. The number of alkyl halides is 1. The van der Waals surface area contributed by atoms with Crippen molar-refractivity contribution in [2.45, 2.75) is 75.8 Å². The zero-order valence-electron chi connectivity index (χ0n) is 30.2. The van der Waals surface area contributed by atoms with Gasteiger partial charge in [0, 0.05) is 70.7 Å². The van der Waals surface area contributed by atoms with E-state index in [1.165, 1.54) is 0 Å². The Morgan fingerprint density at radius 2 is 1.89 bits per heavy atom. The number of amides is 1. The molecular formula is C42H39Cl2F2N7O2. The summed E-state index contributed by atoms with van der Waals surface area (Å²) in [6.45, 7) is 3.84. The Kier molecular flexibility index (Phi) is 8.46. The number of fused-ring (bicyclic) bond motifs is 4. The van der Waals surface area contributed by atoms with Gasteiger partial charge in [-0.2, -0.15) is 10.2 Å². The van der Waals surface area contributed by atoms with Crippen molar-refractivity contribution in [3.63, 3.8) is 0 Å². The summed E-state index contributed by atoms with van der Waals surface area (Å²) in [7, 11) is 0. The first-order valence-electron chi connectivity index (χ1n) is 19.2. The van der Waals surface area contributed by atoms with Crippen LogP contribution in [0.2, 0.25) is 10.0 Å². The molecule has 6 aliphatic rings. The number of halogens is 4. The Morgan fingerprint density at radius 1 is 1.07 bits per heavy atom. The minimum Gasteiger partial charge on any atom is -0.472 e. The van der Waals surface area contributed by atoms with Gasteiger partial charge in [-0.1, -0.05) is 41.4 Å². The van der Waals surface area contributed by atoms with E-state index in [4.69, 9.17) is 37.9 Å². The van der Waals surface area contributed by atoms with Crippen molar-refractivity contribution >= 4 is 56.7 Å². The van der Waals surface area contributed by atoms with Crippen LogP contribution in [0.15, 0.2) is 48.5 Å². The number of ether oxygens (including phenoxy) is 1. The molecule has 9 nitrogen and oxygen atoms in total.